The van der Waals surface area contributed by atoms with Gasteiger partial charge >= 0.3 is 10.2 Å². The fourth-order valence-corrected chi connectivity index (χ4v) is 4.06. The number of benzene rings is 1. The highest BCUT2D eigenvalue weighted by atomic mass is 79.9. The van der Waals surface area contributed by atoms with Crippen molar-refractivity contribution in [3.8, 4) is 0 Å². The molecular weight excluding hydrogens is 330 g/mol. The summed E-state index contributed by atoms with van der Waals surface area (Å²) in [5.41, 5.74) is 6.19. The van der Waals surface area contributed by atoms with Gasteiger partial charge in [0, 0.05) is 17.6 Å². The highest BCUT2D eigenvalue weighted by molar-refractivity contribution is 9.10. The van der Waals surface area contributed by atoms with E-state index >= 15 is 0 Å². The number of anilines is 1. The Morgan fingerprint density at radius 1 is 1.42 bits per heavy atom. The van der Waals surface area contributed by atoms with Crippen LogP contribution in [-0.4, -0.2) is 32.4 Å². The van der Waals surface area contributed by atoms with Crippen molar-refractivity contribution in [3.05, 3.63) is 28.7 Å². The molecule has 0 radical (unpaired) electrons. The fraction of sp³-hybridized carbons (Fsp3) is 0.500. The van der Waals surface area contributed by atoms with Crippen LogP contribution >= 0.6 is 15.9 Å². The molecule has 1 unspecified atom stereocenters. The zero-order chi connectivity index (χ0) is 13.9. The standard InChI is InChI=1S/C12H18BrN3O2S/c13-11-5-1-2-6-12(11)15-19(17,18)16-7-3-4-10(8-14)9-16/h1-2,5-6,10,15H,3-4,7-9,14H2. The quantitative estimate of drug-likeness (QED) is 0.871. The number of rotatable bonds is 4. The molecule has 1 aliphatic rings. The average Bonchev–Trinajstić information content (AvgIpc) is 2.41. The van der Waals surface area contributed by atoms with Crippen molar-refractivity contribution in [2.75, 3.05) is 24.4 Å². The maximum Gasteiger partial charge on any atom is 0.301 e. The molecule has 1 aromatic carbocycles. The molecule has 1 aromatic rings. The van der Waals surface area contributed by atoms with Crippen molar-refractivity contribution in [1.29, 1.82) is 0 Å². The van der Waals surface area contributed by atoms with Gasteiger partial charge in [0.1, 0.15) is 0 Å². The van der Waals surface area contributed by atoms with Crippen molar-refractivity contribution >= 4 is 31.8 Å². The maximum atomic E-state index is 12.3. The Labute approximate surface area is 122 Å². The predicted molar refractivity (Wildman–Crippen MR) is 80.0 cm³/mol. The summed E-state index contributed by atoms with van der Waals surface area (Å²) in [6.07, 6.45) is 1.86. The lowest BCUT2D eigenvalue weighted by atomic mass is 10.0. The number of nitrogens with zero attached hydrogens (tertiary/aromatic N) is 1. The normalized spacial score (nSPS) is 21.3. The second-order valence-corrected chi connectivity index (χ2v) is 7.21. The van der Waals surface area contributed by atoms with E-state index in [1.54, 1.807) is 18.2 Å². The molecule has 0 aromatic heterocycles. The molecule has 5 nitrogen and oxygen atoms in total. The first-order valence-electron chi connectivity index (χ1n) is 6.25. The topological polar surface area (TPSA) is 75.4 Å². The van der Waals surface area contributed by atoms with Gasteiger partial charge in [-0.15, -0.1) is 0 Å². The van der Waals surface area contributed by atoms with Crippen LogP contribution in [-0.2, 0) is 10.2 Å². The molecule has 0 aliphatic carbocycles. The van der Waals surface area contributed by atoms with Gasteiger partial charge in [-0.3, -0.25) is 4.72 Å². The van der Waals surface area contributed by atoms with E-state index in [1.807, 2.05) is 6.07 Å². The van der Waals surface area contributed by atoms with Crippen LogP contribution < -0.4 is 10.5 Å². The summed E-state index contributed by atoms with van der Waals surface area (Å²) in [5, 5.41) is 0. The third-order valence-corrected chi connectivity index (χ3v) is 5.45. The summed E-state index contributed by atoms with van der Waals surface area (Å²) in [6, 6.07) is 7.16. The second-order valence-electron chi connectivity index (χ2n) is 4.69. The summed E-state index contributed by atoms with van der Waals surface area (Å²) in [5.74, 6) is 0.254. The first-order valence-corrected chi connectivity index (χ1v) is 8.48. The van der Waals surface area contributed by atoms with Crippen molar-refractivity contribution in [3.63, 3.8) is 0 Å². The Hall–Kier alpha value is -0.630. The van der Waals surface area contributed by atoms with E-state index in [0.29, 0.717) is 25.3 Å². The van der Waals surface area contributed by atoms with Gasteiger partial charge in [-0.1, -0.05) is 12.1 Å². The number of halogens is 1. The SMILES string of the molecule is NCC1CCCN(S(=O)(=O)Nc2ccccc2Br)C1. The highest BCUT2D eigenvalue weighted by Gasteiger charge is 2.28. The molecule has 1 aliphatic heterocycles. The zero-order valence-electron chi connectivity index (χ0n) is 10.5. The number of piperidine rings is 1. The van der Waals surface area contributed by atoms with Crippen LogP contribution in [0.25, 0.3) is 0 Å². The van der Waals surface area contributed by atoms with Gasteiger partial charge in [0.2, 0.25) is 0 Å². The number of nitrogens with one attached hydrogen (secondary N) is 1. The lowest BCUT2D eigenvalue weighted by Crippen LogP contribution is -2.44. The minimum Gasteiger partial charge on any atom is -0.330 e. The van der Waals surface area contributed by atoms with Gasteiger partial charge in [-0.2, -0.15) is 12.7 Å². The minimum atomic E-state index is -3.50. The molecule has 1 atom stereocenters. The monoisotopic (exact) mass is 347 g/mol. The van der Waals surface area contributed by atoms with E-state index in [1.165, 1.54) is 4.31 Å². The van der Waals surface area contributed by atoms with Crippen LogP contribution in [0.2, 0.25) is 0 Å². The fourth-order valence-electron chi connectivity index (χ4n) is 2.19. The van der Waals surface area contributed by atoms with E-state index in [4.69, 9.17) is 5.73 Å². The number of para-hydroxylation sites is 1. The van der Waals surface area contributed by atoms with E-state index in [0.717, 1.165) is 17.3 Å². The third-order valence-electron chi connectivity index (χ3n) is 3.27. The third kappa shape index (κ3) is 3.68. The molecule has 19 heavy (non-hydrogen) atoms. The van der Waals surface area contributed by atoms with Gasteiger partial charge < -0.3 is 5.73 Å². The number of hydrogen-bond acceptors (Lipinski definition) is 3. The van der Waals surface area contributed by atoms with E-state index in [-0.39, 0.29) is 5.92 Å². The molecule has 2 rings (SSSR count). The molecule has 1 saturated heterocycles. The summed E-state index contributed by atoms with van der Waals surface area (Å²) in [4.78, 5) is 0. The molecule has 7 heteroatoms. The summed E-state index contributed by atoms with van der Waals surface area (Å²) < 4.78 is 29.5. The number of nitrogens with two attached hydrogens (primary N) is 1. The summed E-state index contributed by atoms with van der Waals surface area (Å²) in [7, 11) is -3.50. The predicted octanol–water partition coefficient (Wildman–Crippen LogP) is 1.78. The number of hydrogen-bond donors (Lipinski definition) is 2. The van der Waals surface area contributed by atoms with Crippen LogP contribution in [0.1, 0.15) is 12.8 Å². The van der Waals surface area contributed by atoms with Gasteiger partial charge in [0.15, 0.2) is 0 Å². The van der Waals surface area contributed by atoms with Crippen molar-refractivity contribution in [2.45, 2.75) is 12.8 Å². The largest absolute Gasteiger partial charge is 0.330 e. The smallest absolute Gasteiger partial charge is 0.301 e. The molecule has 0 spiro atoms. The molecule has 0 amide bonds. The summed E-state index contributed by atoms with van der Waals surface area (Å²) >= 11 is 3.33. The molecule has 0 bridgehead atoms. The van der Waals surface area contributed by atoms with Gasteiger partial charge in [0.05, 0.1) is 5.69 Å². The van der Waals surface area contributed by atoms with E-state index < -0.39 is 10.2 Å². The van der Waals surface area contributed by atoms with Crippen LogP contribution in [0.3, 0.4) is 0 Å². The molecule has 3 N–H and O–H groups in total. The Kier molecular flexibility index (Phi) is 4.83. The van der Waals surface area contributed by atoms with E-state index in [9.17, 15) is 8.42 Å². The Balaban J connectivity index is 2.12. The maximum absolute atomic E-state index is 12.3. The molecule has 0 saturated carbocycles. The lowest BCUT2D eigenvalue weighted by Gasteiger charge is -2.31. The van der Waals surface area contributed by atoms with Gasteiger partial charge in [-0.05, 0) is 53.4 Å². The summed E-state index contributed by atoms with van der Waals surface area (Å²) in [6.45, 7) is 1.58. The van der Waals surface area contributed by atoms with Crippen LogP contribution in [0.15, 0.2) is 28.7 Å². The van der Waals surface area contributed by atoms with Crippen molar-refractivity contribution in [2.24, 2.45) is 11.7 Å². The van der Waals surface area contributed by atoms with Crippen molar-refractivity contribution in [1.82, 2.24) is 4.31 Å². The molecule has 1 fully saturated rings. The Morgan fingerprint density at radius 2 is 2.16 bits per heavy atom. The first-order chi connectivity index (χ1) is 9.03. The molecular formula is C12H18BrN3O2S. The first kappa shape index (κ1) is 14.8. The van der Waals surface area contributed by atoms with Crippen LogP contribution in [0.4, 0.5) is 5.69 Å². The van der Waals surface area contributed by atoms with Crippen LogP contribution in [0, 0.1) is 5.92 Å². The van der Waals surface area contributed by atoms with Gasteiger partial charge in [-0.25, -0.2) is 0 Å². The average molecular weight is 348 g/mol. The minimum absolute atomic E-state index is 0.254. The van der Waals surface area contributed by atoms with Gasteiger partial charge in [0.25, 0.3) is 0 Å². The second kappa shape index (κ2) is 6.21. The highest BCUT2D eigenvalue weighted by Crippen LogP contribution is 2.25. The van der Waals surface area contributed by atoms with E-state index in [2.05, 4.69) is 20.7 Å². The van der Waals surface area contributed by atoms with Crippen molar-refractivity contribution < 1.29 is 8.42 Å². The van der Waals surface area contributed by atoms with Crippen LogP contribution in [0.5, 0.6) is 0 Å². The lowest BCUT2D eigenvalue weighted by molar-refractivity contribution is 0.273. The Morgan fingerprint density at radius 3 is 2.84 bits per heavy atom. The zero-order valence-corrected chi connectivity index (χ0v) is 13.0. The molecule has 1 heterocycles. The molecule has 106 valence electrons. The Bertz CT molecular complexity index is 536.